The van der Waals surface area contributed by atoms with E-state index in [1.807, 2.05) is 60.7 Å². The van der Waals surface area contributed by atoms with E-state index < -0.39 is 0 Å². The zero-order valence-corrected chi connectivity index (χ0v) is 17.0. The number of phenolic OH excluding ortho intramolecular Hbond substituents is 2. The van der Waals surface area contributed by atoms with Gasteiger partial charge in [0.15, 0.2) is 0 Å². The van der Waals surface area contributed by atoms with Crippen LogP contribution in [0.1, 0.15) is 11.1 Å². The van der Waals surface area contributed by atoms with E-state index in [-0.39, 0.29) is 11.5 Å². The molecule has 0 aliphatic heterocycles. The minimum Gasteiger partial charge on any atom is -0.508 e. The number of para-hydroxylation sites is 2. The highest BCUT2D eigenvalue weighted by Gasteiger charge is 2.08. The molecule has 0 saturated carbocycles. The fraction of sp³-hybridized carbons (Fsp3) is 0.0769. The molecule has 5 heteroatoms. The summed E-state index contributed by atoms with van der Waals surface area (Å²) in [5.41, 5.74) is 3.40. The molecule has 0 aliphatic rings. The zero-order valence-electron chi connectivity index (χ0n) is 17.0. The molecule has 4 aromatic carbocycles. The van der Waals surface area contributed by atoms with Crippen molar-refractivity contribution in [2.75, 3.05) is 10.6 Å². The summed E-state index contributed by atoms with van der Waals surface area (Å²) in [6.07, 6.45) is 0. The van der Waals surface area contributed by atoms with Gasteiger partial charge in [-0.15, -0.1) is 0 Å². The predicted octanol–water partition coefficient (Wildman–Crippen LogP) is 6.11. The Morgan fingerprint density at radius 2 is 0.968 bits per heavy atom. The first-order valence-electron chi connectivity index (χ1n) is 10.1. The lowest BCUT2D eigenvalue weighted by Crippen LogP contribution is -2.01. The van der Waals surface area contributed by atoms with Gasteiger partial charge in [-0.05, 0) is 60.7 Å². The average molecular weight is 412 g/mol. The minimum absolute atomic E-state index is 0.203. The van der Waals surface area contributed by atoms with E-state index in [2.05, 4.69) is 10.6 Å². The van der Waals surface area contributed by atoms with E-state index in [0.29, 0.717) is 24.6 Å². The van der Waals surface area contributed by atoms with Gasteiger partial charge >= 0.3 is 0 Å². The summed E-state index contributed by atoms with van der Waals surface area (Å²) in [5.74, 6) is 1.62. The Bertz CT molecular complexity index is 1040. The van der Waals surface area contributed by atoms with Crippen LogP contribution < -0.4 is 15.4 Å². The molecule has 4 aromatic rings. The van der Waals surface area contributed by atoms with Gasteiger partial charge in [0.1, 0.15) is 23.0 Å². The number of rotatable bonds is 8. The molecule has 5 nitrogen and oxygen atoms in total. The molecule has 4 N–H and O–H groups in total. The first kappa shape index (κ1) is 20.2. The fourth-order valence-corrected chi connectivity index (χ4v) is 3.18. The molecule has 0 aliphatic carbocycles. The van der Waals surface area contributed by atoms with Gasteiger partial charge in [-0.25, -0.2) is 0 Å². The van der Waals surface area contributed by atoms with Gasteiger partial charge in [0, 0.05) is 35.6 Å². The molecule has 0 saturated heterocycles. The van der Waals surface area contributed by atoms with Crippen LogP contribution in [0, 0.1) is 0 Å². The second kappa shape index (κ2) is 9.59. The topological polar surface area (TPSA) is 73.8 Å². The standard InChI is InChI=1S/C26H24N2O3/c29-25-13-11-23(15-19(25)17-27-21-7-3-1-4-8-21)31-24-12-14-26(30)20(16-24)18-28-22-9-5-2-6-10-22/h1-16,27-30H,17-18H2. The highest BCUT2D eigenvalue weighted by Crippen LogP contribution is 2.30. The molecular formula is C26H24N2O3. The normalized spacial score (nSPS) is 10.5. The smallest absolute Gasteiger partial charge is 0.128 e. The Morgan fingerprint density at radius 1 is 0.548 bits per heavy atom. The van der Waals surface area contributed by atoms with Gasteiger partial charge in [-0.1, -0.05) is 36.4 Å². The number of ether oxygens (including phenoxy) is 1. The van der Waals surface area contributed by atoms with Crippen molar-refractivity contribution in [3.05, 3.63) is 108 Å². The fourth-order valence-electron chi connectivity index (χ4n) is 3.18. The predicted molar refractivity (Wildman–Crippen MR) is 124 cm³/mol. The molecule has 0 amide bonds. The van der Waals surface area contributed by atoms with Crippen molar-refractivity contribution in [1.29, 1.82) is 0 Å². The first-order chi connectivity index (χ1) is 15.2. The summed E-state index contributed by atoms with van der Waals surface area (Å²) >= 11 is 0. The van der Waals surface area contributed by atoms with E-state index in [0.717, 1.165) is 22.5 Å². The second-order valence-electron chi connectivity index (χ2n) is 7.12. The van der Waals surface area contributed by atoms with Crippen LogP contribution in [0.2, 0.25) is 0 Å². The van der Waals surface area contributed by atoms with Gasteiger partial charge in [-0.3, -0.25) is 0 Å². The molecule has 0 unspecified atom stereocenters. The maximum Gasteiger partial charge on any atom is 0.128 e. The van der Waals surface area contributed by atoms with Gasteiger partial charge in [0.2, 0.25) is 0 Å². The average Bonchev–Trinajstić information content (AvgIpc) is 2.81. The highest BCUT2D eigenvalue weighted by atomic mass is 16.5. The monoisotopic (exact) mass is 412 g/mol. The number of anilines is 2. The molecular weight excluding hydrogens is 388 g/mol. The highest BCUT2D eigenvalue weighted by molar-refractivity contribution is 5.49. The molecule has 0 heterocycles. The summed E-state index contributed by atoms with van der Waals surface area (Å²) in [6.45, 7) is 0.934. The first-order valence-corrected chi connectivity index (χ1v) is 10.1. The van der Waals surface area contributed by atoms with Crippen molar-refractivity contribution in [3.63, 3.8) is 0 Å². The Morgan fingerprint density at radius 3 is 1.39 bits per heavy atom. The number of phenols is 2. The number of hydrogen-bond donors (Lipinski definition) is 4. The SMILES string of the molecule is Oc1ccc(Oc2ccc(O)c(CNc3ccccc3)c2)cc1CNc1ccccc1. The molecule has 4 rings (SSSR count). The summed E-state index contributed by atoms with van der Waals surface area (Å²) in [6, 6.07) is 29.9. The van der Waals surface area contributed by atoms with E-state index in [1.165, 1.54) is 0 Å². The lowest BCUT2D eigenvalue weighted by atomic mass is 10.1. The van der Waals surface area contributed by atoms with Crippen LogP contribution >= 0.6 is 0 Å². The molecule has 0 fully saturated rings. The molecule has 0 radical (unpaired) electrons. The van der Waals surface area contributed by atoms with E-state index >= 15 is 0 Å². The van der Waals surface area contributed by atoms with Crippen molar-refractivity contribution in [2.45, 2.75) is 13.1 Å². The lowest BCUT2D eigenvalue weighted by molar-refractivity contribution is 0.453. The lowest BCUT2D eigenvalue weighted by Gasteiger charge is -2.13. The van der Waals surface area contributed by atoms with Crippen molar-refractivity contribution >= 4 is 11.4 Å². The van der Waals surface area contributed by atoms with Gasteiger partial charge in [0.25, 0.3) is 0 Å². The third-order valence-corrected chi connectivity index (χ3v) is 4.85. The van der Waals surface area contributed by atoms with Gasteiger partial charge < -0.3 is 25.6 Å². The number of nitrogens with one attached hydrogen (secondary N) is 2. The quantitative estimate of drug-likeness (QED) is 0.281. The van der Waals surface area contributed by atoms with E-state index in [4.69, 9.17) is 4.74 Å². The van der Waals surface area contributed by atoms with Crippen molar-refractivity contribution in [3.8, 4) is 23.0 Å². The van der Waals surface area contributed by atoms with E-state index in [1.54, 1.807) is 36.4 Å². The Balaban J connectivity index is 1.44. The van der Waals surface area contributed by atoms with Crippen molar-refractivity contribution < 1.29 is 14.9 Å². The number of hydrogen-bond acceptors (Lipinski definition) is 5. The summed E-state index contributed by atoms with van der Waals surface area (Å²) in [4.78, 5) is 0. The maximum atomic E-state index is 10.2. The molecule has 0 atom stereocenters. The third kappa shape index (κ3) is 5.48. The van der Waals surface area contributed by atoms with Crippen LogP contribution in [0.3, 0.4) is 0 Å². The van der Waals surface area contributed by atoms with Crippen LogP contribution in [-0.2, 0) is 13.1 Å². The second-order valence-corrected chi connectivity index (χ2v) is 7.12. The van der Waals surface area contributed by atoms with Crippen LogP contribution in [0.4, 0.5) is 11.4 Å². The maximum absolute atomic E-state index is 10.2. The van der Waals surface area contributed by atoms with Gasteiger partial charge in [-0.2, -0.15) is 0 Å². The van der Waals surface area contributed by atoms with Crippen molar-refractivity contribution in [2.24, 2.45) is 0 Å². The molecule has 0 bridgehead atoms. The minimum atomic E-state index is 0.203. The van der Waals surface area contributed by atoms with Crippen LogP contribution in [-0.4, -0.2) is 10.2 Å². The van der Waals surface area contributed by atoms with E-state index in [9.17, 15) is 10.2 Å². The van der Waals surface area contributed by atoms with Gasteiger partial charge in [0.05, 0.1) is 0 Å². The van der Waals surface area contributed by atoms with Crippen molar-refractivity contribution in [1.82, 2.24) is 0 Å². The Hall–Kier alpha value is -4.12. The van der Waals surface area contributed by atoms with Crippen LogP contribution in [0.25, 0.3) is 0 Å². The summed E-state index contributed by atoms with van der Waals surface area (Å²) < 4.78 is 6.00. The number of aromatic hydroxyl groups is 2. The van der Waals surface area contributed by atoms with Crippen LogP contribution in [0.5, 0.6) is 23.0 Å². The Labute approximate surface area is 181 Å². The molecule has 0 spiro atoms. The molecule has 0 aromatic heterocycles. The zero-order chi connectivity index (χ0) is 21.5. The molecule has 31 heavy (non-hydrogen) atoms. The number of benzene rings is 4. The largest absolute Gasteiger partial charge is 0.508 e. The molecule has 156 valence electrons. The Kier molecular flexibility index (Phi) is 6.24. The summed E-state index contributed by atoms with van der Waals surface area (Å²) in [5, 5.41) is 27.0. The third-order valence-electron chi connectivity index (χ3n) is 4.85. The summed E-state index contributed by atoms with van der Waals surface area (Å²) in [7, 11) is 0. The van der Waals surface area contributed by atoms with Crippen LogP contribution in [0.15, 0.2) is 97.1 Å².